The van der Waals surface area contributed by atoms with Crippen LogP contribution in [0.4, 0.5) is 5.82 Å². The van der Waals surface area contributed by atoms with Gasteiger partial charge in [-0.25, -0.2) is 0 Å². The number of rotatable bonds is 3. The second-order valence-corrected chi connectivity index (χ2v) is 7.81. The quantitative estimate of drug-likeness (QED) is 0.866. The van der Waals surface area contributed by atoms with E-state index in [9.17, 15) is 4.79 Å². The Labute approximate surface area is 152 Å². The van der Waals surface area contributed by atoms with Crippen molar-refractivity contribution in [3.05, 3.63) is 12.1 Å². The Hall–Kier alpha value is -2.29. The lowest BCUT2D eigenvalue weighted by molar-refractivity contribution is -0.128. The van der Waals surface area contributed by atoms with Gasteiger partial charge in [-0.15, -0.1) is 14.8 Å². The van der Waals surface area contributed by atoms with Crippen LogP contribution in [0.3, 0.4) is 0 Å². The number of ether oxygens (including phenoxy) is 1. The monoisotopic (exact) mass is 359 g/mol. The van der Waals surface area contributed by atoms with Gasteiger partial charge >= 0.3 is 0 Å². The fourth-order valence-electron chi connectivity index (χ4n) is 3.88. The molecule has 2 fully saturated rings. The number of amides is 1. The first-order valence-corrected chi connectivity index (χ1v) is 9.25. The zero-order valence-electron chi connectivity index (χ0n) is 15.3. The molecule has 0 bridgehead atoms. The molecule has 0 unspecified atom stereocenters. The molecule has 140 valence electrons. The maximum Gasteiger partial charge on any atom is 0.225 e. The molecule has 0 spiro atoms. The first kappa shape index (κ1) is 17.1. The van der Waals surface area contributed by atoms with Crippen LogP contribution in [-0.4, -0.2) is 62.5 Å². The Morgan fingerprint density at radius 1 is 1.35 bits per heavy atom. The number of anilines is 1. The van der Waals surface area contributed by atoms with Gasteiger partial charge in [-0.05, 0) is 62.1 Å². The average molecular weight is 359 g/mol. The maximum absolute atomic E-state index is 12.8. The van der Waals surface area contributed by atoms with Crippen LogP contribution in [-0.2, 0) is 9.53 Å². The van der Waals surface area contributed by atoms with Gasteiger partial charge in [-0.3, -0.25) is 4.79 Å². The minimum atomic E-state index is -0.167. The molecule has 9 heteroatoms. The largest absolute Gasteiger partial charge is 0.375 e. The number of hydrogen-bond donors (Lipinski definition) is 1. The predicted octanol–water partition coefficient (Wildman–Crippen LogP) is 0.809. The molecular formula is C17H25N7O2. The number of tetrazole rings is 1. The summed E-state index contributed by atoms with van der Waals surface area (Å²) >= 11 is 0. The Kier molecular flexibility index (Phi) is 4.47. The zero-order valence-corrected chi connectivity index (χ0v) is 15.3. The van der Waals surface area contributed by atoms with Crippen molar-refractivity contribution in [2.45, 2.75) is 51.2 Å². The lowest BCUT2D eigenvalue weighted by atomic mass is 9.92. The molecule has 4 heterocycles. The number of fused-ring (bicyclic) bond motifs is 1. The van der Waals surface area contributed by atoms with E-state index in [0.29, 0.717) is 18.8 Å². The molecule has 4 rings (SSSR count). The first-order valence-electron chi connectivity index (χ1n) is 9.25. The molecular weight excluding hydrogens is 334 g/mol. The van der Waals surface area contributed by atoms with Gasteiger partial charge in [0.1, 0.15) is 0 Å². The summed E-state index contributed by atoms with van der Waals surface area (Å²) in [5.74, 6) is 0.913. The molecule has 2 aliphatic rings. The van der Waals surface area contributed by atoms with E-state index in [1.54, 1.807) is 0 Å². The molecule has 2 aromatic rings. The van der Waals surface area contributed by atoms with Crippen LogP contribution in [0.2, 0.25) is 0 Å². The van der Waals surface area contributed by atoms with Gasteiger partial charge in [0.05, 0.1) is 11.5 Å². The molecule has 0 aromatic carbocycles. The number of nitrogens with one attached hydrogen (secondary N) is 1. The third-order valence-electron chi connectivity index (χ3n) is 5.22. The fraction of sp³-hybridized carbons (Fsp3) is 0.706. The standard InChI is InChI=1S/C17H25N7O2/c1-17(2)10-13(7-9-26-17)18-16(25)12-4-3-8-23(11-12)15-6-5-14-19-21-22-24(14)20-15/h5-6,12-13H,3-4,7-11H2,1-2H3,(H,18,25)/t12-,13+/m1/s1. The Bertz CT molecular complexity index is 790. The fourth-order valence-corrected chi connectivity index (χ4v) is 3.88. The van der Waals surface area contributed by atoms with Gasteiger partial charge in [0.2, 0.25) is 5.91 Å². The smallest absolute Gasteiger partial charge is 0.225 e. The van der Waals surface area contributed by atoms with E-state index in [0.717, 1.165) is 38.0 Å². The van der Waals surface area contributed by atoms with Crippen molar-refractivity contribution in [2.75, 3.05) is 24.6 Å². The second-order valence-electron chi connectivity index (χ2n) is 7.81. The summed E-state index contributed by atoms with van der Waals surface area (Å²) in [4.78, 5) is 14.9. The Balaban J connectivity index is 1.40. The zero-order chi connectivity index (χ0) is 18.1. The van der Waals surface area contributed by atoms with Crippen molar-refractivity contribution in [1.82, 2.24) is 30.6 Å². The van der Waals surface area contributed by atoms with Crippen molar-refractivity contribution in [1.29, 1.82) is 0 Å². The van der Waals surface area contributed by atoms with Gasteiger partial charge < -0.3 is 15.0 Å². The summed E-state index contributed by atoms with van der Waals surface area (Å²) in [6, 6.07) is 3.95. The highest BCUT2D eigenvalue weighted by atomic mass is 16.5. The topological polar surface area (TPSA) is 97.5 Å². The van der Waals surface area contributed by atoms with Gasteiger partial charge in [0.15, 0.2) is 11.5 Å². The number of hydrogen-bond acceptors (Lipinski definition) is 7. The lowest BCUT2D eigenvalue weighted by Gasteiger charge is -2.37. The molecule has 0 aliphatic carbocycles. The normalized spacial score (nSPS) is 26.0. The molecule has 1 amide bonds. The van der Waals surface area contributed by atoms with E-state index in [2.05, 4.69) is 44.7 Å². The van der Waals surface area contributed by atoms with E-state index in [1.807, 2.05) is 12.1 Å². The van der Waals surface area contributed by atoms with Crippen LogP contribution in [0, 0.1) is 5.92 Å². The highest BCUT2D eigenvalue weighted by Crippen LogP contribution is 2.26. The van der Waals surface area contributed by atoms with E-state index in [-0.39, 0.29) is 23.5 Å². The summed E-state index contributed by atoms with van der Waals surface area (Å²) in [6.45, 7) is 6.40. The van der Waals surface area contributed by atoms with Crippen LogP contribution >= 0.6 is 0 Å². The number of carbonyl (C=O) groups is 1. The van der Waals surface area contributed by atoms with E-state index in [4.69, 9.17) is 4.74 Å². The third kappa shape index (κ3) is 3.62. The molecule has 2 aromatic heterocycles. The summed E-state index contributed by atoms with van der Waals surface area (Å²) < 4.78 is 7.16. The van der Waals surface area contributed by atoms with E-state index >= 15 is 0 Å². The maximum atomic E-state index is 12.8. The number of aromatic nitrogens is 5. The summed E-state index contributed by atoms with van der Waals surface area (Å²) in [6.07, 6.45) is 3.60. The Morgan fingerprint density at radius 2 is 2.23 bits per heavy atom. The molecule has 0 saturated carbocycles. The van der Waals surface area contributed by atoms with Gasteiger partial charge in [0, 0.05) is 25.7 Å². The number of carbonyl (C=O) groups excluding carboxylic acids is 1. The van der Waals surface area contributed by atoms with Crippen molar-refractivity contribution in [3.63, 3.8) is 0 Å². The number of nitrogens with zero attached hydrogens (tertiary/aromatic N) is 6. The molecule has 1 N–H and O–H groups in total. The van der Waals surface area contributed by atoms with Crippen LogP contribution < -0.4 is 10.2 Å². The van der Waals surface area contributed by atoms with Crippen molar-refractivity contribution >= 4 is 17.4 Å². The number of piperidine rings is 1. The molecule has 26 heavy (non-hydrogen) atoms. The van der Waals surface area contributed by atoms with Crippen LogP contribution in [0.1, 0.15) is 39.5 Å². The molecule has 2 aliphatic heterocycles. The predicted molar refractivity (Wildman–Crippen MR) is 94.7 cm³/mol. The minimum Gasteiger partial charge on any atom is -0.375 e. The van der Waals surface area contributed by atoms with Crippen LogP contribution in [0.5, 0.6) is 0 Å². The highest BCUT2D eigenvalue weighted by molar-refractivity contribution is 5.79. The van der Waals surface area contributed by atoms with Crippen LogP contribution in [0.15, 0.2) is 12.1 Å². The molecule has 9 nitrogen and oxygen atoms in total. The van der Waals surface area contributed by atoms with Crippen molar-refractivity contribution < 1.29 is 9.53 Å². The summed E-state index contributed by atoms with van der Waals surface area (Å²) in [7, 11) is 0. The van der Waals surface area contributed by atoms with Gasteiger partial charge in [-0.1, -0.05) is 0 Å². The SMILES string of the molecule is CC1(C)C[C@@H](NC(=O)[C@@H]2CCCN(c3ccc4nnnn4n3)C2)CCO1. The minimum absolute atomic E-state index is 0.0268. The van der Waals surface area contributed by atoms with Crippen LogP contribution in [0.25, 0.3) is 5.65 Å². The molecule has 0 radical (unpaired) electrons. The molecule has 2 atom stereocenters. The molecule has 2 saturated heterocycles. The second kappa shape index (κ2) is 6.79. The van der Waals surface area contributed by atoms with E-state index < -0.39 is 0 Å². The lowest BCUT2D eigenvalue weighted by Crippen LogP contribution is -2.50. The summed E-state index contributed by atoms with van der Waals surface area (Å²) in [5, 5.41) is 19.0. The van der Waals surface area contributed by atoms with Crippen molar-refractivity contribution in [3.8, 4) is 0 Å². The van der Waals surface area contributed by atoms with E-state index in [1.165, 1.54) is 4.63 Å². The summed E-state index contributed by atoms with van der Waals surface area (Å²) in [5.41, 5.74) is 0.446. The first-order chi connectivity index (χ1) is 12.5. The van der Waals surface area contributed by atoms with Gasteiger partial charge in [-0.2, -0.15) is 0 Å². The van der Waals surface area contributed by atoms with Gasteiger partial charge in [0.25, 0.3) is 0 Å². The Morgan fingerprint density at radius 3 is 3.08 bits per heavy atom. The third-order valence-corrected chi connectivity index (χ3v) is 5.22. The average Bonchev–Trinajstić information content (AvgIpc) is 3.08. The van der Waals surface area contributed by atoms with Crippen molar-refractivity contribution in [2.24, 2.45) is 5.92 Å². The highest BCUT2D eigenvalue weighted by Gasteiger charge is 2.32.